The van der Waals surface area contributed by atoms with Crippen LogP contribution in [-0.2, 0) is 5.41 Å². The van der Waals surface area contributed by atoms with Crippen molar-refractivity contribution < 1.29 is 0 Å². The molecule has 57 heavy (non-hydrogen) atoms. The third kappa shape index (κ3) is 5.48. The lowest BCUT2D eigenvalue weighted by atomic mass is 9.79. The van der Waals surface area contributed by atoms with Gasteiger partial charge in [0.15, 0.2) is 5.82 Å². The molecule has 2 nitrogen and oxygen atoms in total. The summed E-state index contributed by atoms with van der Waals surface area (Å²) < 4.78 is 0. The van der Waals surface area contributed by atoms with Crippen molar-refractivity contribution in [3.63, 3.8) is 0 Å². The number of aromatic nitrogens is 2. The standard InChI is InChI=1S/C55H38N2/c1-55(2)50-33-40(26-27-47(50)49-28-25-36-14-8-9-20-44(36)53(49)55)39-18-12-19-41(31-39)43-29-30-48(46-22-11-10-21-45(43)46)52-34-51(56-54(57-52)37-15-4-3-5-16-37)42-24-23-35-13-6-7-17-38(35)32-42/h3-34H,1-2H3. The van der Waals surface area contributed by atoms with Gasteiger partial charge in [0.2, 0.25) is 0 Å². The average molecular weight is 727 g/mol. The third-order valence-corrected chi connectivity index (χ3v) is 12.0. The van der Waals surface area contributed by atoms with Crippen molar-refractivity contribution in [1.29, 1.82) is 0 Å². The van der Waals surface area contributed by atoms with Gasteiger partial charge in [0.1, 0.15) is 0 Å². The number of hydrogen-bond donors (Lipinski definition) is 0. The minimum absolute atomic E-state index is 0.110. The van der Waals surface area contributed by atoms with E-state index in [2.05, 4.69) is 190 Å². The fraction of sp³-hybridized carbons (Fsp3) is 0.0545. The molecule has 0 aliphatic heterocycles. The molecule has 1 heterocycles. The fourth-order valence-electron chi connectivity index (χ4n) is 9.22. The molecule has 1 aliphatic rings. The zero-order valence-corrected chi connectivity index (χ0v) is 31.9. The first-order valence-electron chi connectivity index (χ1n) is 19.7. The summed E-state index contributed by atoms with van der Waals surface area (Å²) in [6.07, 6.45) is 0. The Bertz CT molecular complexity index is 3210. The highest BCUT2D eigenvalue weighted by Gasteiger charge is 2.37. The Morgan fingerprint density at radius 3 is 1.75 bits per heavy atom. The van der Waals surface area contributed by atoms with E-state index in [1.54, 1.807) is 0 Å². The largest absolute Gasteiger partial charge is 0.228 e. The molecule has 0 spiro atoms. The van der Waals surface area contributed by atoms with Crippen molar-refractivity contribution >= 4 is 32.3 Å². The van der Waals surface area contributed by atoms with E-state index >= 15 is 0 Å². The lowest BCUT2D eigenvalue weighted by molar-refractivity contribution is 0.666. The van der Waals surface area contributed by atoms with Crippen molar-refractivity contribution in [2.75, 3.05) is 0 Å². The first-order valence-corrected chi connectivity index (χ1v) is 19.7. The van der Waals surface area contributed by atoms with Crippen LogP contribution in [0.15, 0.2) is 194 Å². The first kappa shape index (κ1) is 33.2. The highest BCUT2D eigenvalue weighted by atomic mass is 14.9. The summed E-state index contributed by atoms with van der Waals surface area (Å²) in [6.45, 7) is 4.76. The maximum absolute atomic E-state index is 5.23. The second-order valence-corrected chi connectivity index (χ2v) is 15.8. The molecule has 0 unspecified atom stereocenters. The summed E-state index contributed by atoms with van der Waals surface area (Å²) in [5, 5.41) is 7.39. The maximum atomic E-state index is 5.23. The Balaban J connectivity index is 1.01. The van der Waals surface area contributed by atoms with Crippen LogP contribution in [-0.4, -0.2) is 9.97 Å². The molecular formula is C55H38N2. The van der Waals surface area contributed by atoms with Crippen LogP contribution in [0.2, 0.25) is 0 Å². The maximum Gasteiger partial charge on any atom is 0.160 e. The van der Waals surface area contributed by atoms with Crippen LogP contribution < -0.4 is 0 Å². The SMILES string of the molecule is CC1(C)c2cc(-c3cccc(-c4ccc(-c5cc(-c6ccc7ccccc7c6)nc(-c6ccccc6)n5)c5ccccc45)c3)ccc2-c2ccc3ccccc3c21. The summed E-state index contributed by atoms with van der Waals surface area (Å²) in [7, 11) is 0. The predicted octanol–water partition coefficient (Wildman–Crippen LogP) is 14.6. The Morgan fingerprint density at radius 2 is 0.912 bits per heavy atom. The van der Waals surface area contributed by atoms with Crippen LogP contribution in [0, 0.1) is 0 Å². The van der Waals surface area contributed by atoms with Gasteiger partial charge >= 0.3 is 0 Å². The van der Waals surface area contributed by atoms with E-state index in [0.29, 0.717) is 5.82 Å². The summed E-state index contributed by atoms with van der Waals surface area (Å²) in [5.41, 5.74) is 15.2. The normalized spacial score (nSPS) is 12.9. The Kier molecular flexibility index (Phi) is 7.55. The summed E-state index contributed by atoms with van der Waals surface area (Å²) in [6, 6.07) is 70.2. The van der Waals surface area contributed by atoms with Gasteiger partial charge in [-0.1, -0.05) is 184 Å². The third-order valence-electron chi connectivity index (χ3n) is 12.0. The van der Waals surface area contributed by atoms with E-state index in [0.717, 1.165) is 33.5 Å². The van der Waals surface area contributed by atoms with Gasteiger partial charge in [-0.05, 0) is 101 Å². The summed E-state index contributed by atoms with van der Waals surface area (Å²) >= 11 is 0. The summed E-state index contributed by atoms with van der Waals surface area (Å²) in [4.78, 5) is 10.4. The first-order chi connectivity index (χ1) is 28.0. The van der Waals surface area contributed by atoms with Crippen molar-refractivity contribution in [1.82, 2.24) is 9.97 Å². The minimum Gasteiger partial charge on any atom is -0.228 e. The van der Waals surface area contributed by atoms with Gasteiger partial charge in [0.25, 0.3) is 0 Å². The lowest BCUT2D eigenvalue weighted by Crippen LogP contribution is -2.15. The summed E-state index contributed by atoms with van der Waals surface area (Å²) in [5.74, 6) is 0.714. The molecule has 0 N–H and O–H groups in total. The Labute approximate surface area is 332 Å². The molecule has 1 aliphatic carbocycles. The number of fused-ring (bicyclic) bond motifs is 7. The highest BCUT2D eigenvalue weighted by molar-refractivity contribution is 6.05. The molecule has 0 bridgehead atoms. The van der Waals surface area contributed by atoms with Gasteiger partial charge in [-0.2, -0.15) is 0 Å². The van der Waals surface area contributed by atoms with E-state index in [1.807, 2.05) is 18.2 Å². The van der Waals surface area contributed by atoms with Gasteiger partial charge in [-0.25, -0.2) is 9.97 Å². The van der Waals surface area contributed by atoms with Crippen LogP contribution >= 0.6 is 0 Å². The molecule has 0 atom stereocenters. The van der Waals surface area contributed by atoms with Crippen LogP contribution in [0.4, 0.5) is 0 Å². The van der Waals surface area contributed by atoms with Gasteiger partial charge in [-0.3, -0.25) is 0 Å². The Hall–Kier alpha value is -7.16. The molecule has 0 saturated heterocycles. The molecule has 2 heteroatoms. The number of hydrogen-bond acceptors (Lipinski definition) is 2. The van der Waals surface area contributed by atoms with Crippen LogP contribution in [0.5, 0.6) is 0 Å². The number of benzene rings is 9. The number of rotatable bonds is 5. The lowest BCUT2D eigenvalue weighted by Gasteiger charge is -2.23. The van der Waals surface area contributed by atoms with E-state index in [4.69, 9.17) is 9.97 Å². The molecule has 268 valence electrons. The van der Waals surface area contributed by atoms with Gasteiger partial charge in [0.05, 0.1) is 11.4 Å². The van der Waals surface area contributed by atoms with Crippen molar-refractivity contribution in [2.24, 2.45) is 0 Å². The van der Waals surface area contributed by atoms with Crippen molar-refractivity contribution in [3.8, 4) is 67.3 Å². The van der Waals surface area contributed by atoms with Crippen molar-refractivity contribution in [2.45, 2.75) is 19.3 Å². The second kappa shape index (κ2) is 13.0. The highest BCUT2D eigenvalue weighted by Crippen LogP contribution is 2.52. The van der Waals surface area contributed by atoms with E-state index in [1.165, 1.54) is 71.4 Å². The monoisotopic (exact) mass is 726 g/mol. The van der Waals surface area contributed by atoms with Crippen LogP contribution in [0.1, 0.15) is 25.0 Å². The molecule has 10 aromatic rings. The van der Waals surface area contributed by atoms with E-state index in [-0.39, 0.29) is 5.41 Å². The second-order valence-electron chi connectivity index (χ2n) is 15.8. The molecule has 9 aromatic carbocycles. The quantitative estimate of drug-likeness (QED) is 0.176. The molecular weight excluding hydrogens is 689 g/mol. The minimum atomic E-state index is -0.110. The molecule has 0 fully saturated rings. The molecule has 1 aromatic heterocycles. The van der Waals surface area contributed by atoms with Gasteiger partial charge in [-0.15, -0.1) is 0 Å². The Morgan fingerprint density at radius 1 is 0.333 bits per heavy atom. The van der Waals surface area contributed by atoms with Gasteiger partial charge < -0.3 is 0 Å². The van der Waals surface area contributed by atoms with E-state index in [9.17, 15) is 0 Å². The predicted molar refractivity (Wildman–Crippen MR) is 239 cm³/mol. The molecule has 0 amide bonds. The van der Waals surface area contributed by atoms with Crippen LogP contribution in [0.25, 0.3) is 99.6 Å². The number of nitrogens with zero attached hydrogens (tertiary/aromatic N) is 2. The van der Waals surface area contributed by atoms with Gasteiger partial charge in [0, 0.05) is 22.1 Å². The molecule has 11 rings (SSSR count). The van der Waals surface area contributed by atoms with Crippen LogP contribution in [0.3, 0.4) is 0 Å². The zero-order chi connectivity index (χ0) is 38.1. The zero-order valence-electron chi connectivity index (χ0n) is 31.9. The smallest absolute Gasteiger partial charge is 0.160 e. The molecule has 0 radical (unpaired) electrons. The molecule has 0 saturated carbocycles. The van der Waals surface area contributed by atoms with E-state index < -0.39 is 0 Å². The average Bonchev–Trinajstić information content (AvgIpc) is 3.51. The topological polar surface area (TPSA) is 25.8 Å². The fourth-order valence-corrected chi connectivity index (χ4v) is 9.22. The van der Waals surface area contributed by atoms with Crippen molar-refractivity contribution in [3.05, 3.63) is 205 Å².